The first-order valence-electron chi connectivity index (χ1n) is 13.9. The molecule has 0 aliphatic carbocycles. The van der Waals surface area contributed by atoms with E-state index in [1.54, 1.807) is 23.1 Å². The summed E-state index contributed by atoms with van der Waals surface area (Å²) in [5, 5.41) is 3.81. The predicted octanol–water partition coefficient (Wildman–Crippen LogP) is 6.32. The predicted molar refractivity (Wildman–Crippen MR) is 172 cm³/mol. The lowest BCUT2D eigenvalue weighted by Gasteiger charge is -2.32. The minimum absolute atomic E-state index is 0.0300. The summed E-state index contributed by atoms with van der Waals surface area (Å²) in [6.07, 6.45) is 1.75. The molecule has 1 atom stereocenters. The van der Waals surface area contributed by atoms with Crippen molar-refractivity contribution in [2.75, 3.05) is 17.1 Å². The lowest BCUT2D eigenvalue weighted by molar-refractivity contribution is -0.141. The third-order valence-corrected chi connectivity index (χ3v) is 8.49. The zero-order chi connectivity index (χ0) is 31.0. The van der Waals surface area contributed by atoms with Crippen LogP contribution in [-0.2, 0) is 32.6 Å². The Hall–Kier alpha value is -3.07. The quantitative estimate of drug-likeness (QED) is 0.239. The van der Waals surface area contributed by atoms with Crippen LogP contribution in [0.3, 0.4) is 0 Å². The van der Waals surface area contributed by atoms with E-state index in [0.717, 1.165) is 22.9 Å². The van der Waals surface area contributed by atoms with E-state index in [1.807, 2.05) is 76.2 Å². The fraction of sp³-hybridized carbons (Fsp3) is 0.375. The van der Waals surface area contributed by atoms with E-state index in [1.165, 1.54) is 4.31 Å². The molecule has 1 N–H and O–H groups in total. The van der Waals surface area contributed by atoms with Crippen molar-refractivity contribution in [3.05, 3.63) is 99.0 Å². The van der Waals surface area contributed by atoms with Crippen LogP contribution in [0, 0.1) is 13.8 Å². The van der Waals surface area contributed by atoms with Gasteiger partial charge in [0.15, 0.2) is 0 Å². The topological polar surface area (TPSA) is 86.8 Å². The zero-order valence-corrected chi connectivity index (χ0v) is 27.1. The standard InChI is InChI=1S/C32H39Cl2N3O4S/c1-22(2)35-32(39)30(19-25-10-7-6-8-11-25)36(21-26-13-14-27(33)20-29(26)34)31(38)12-9-15-37(42(5,40)41)28-17-23(3)16-24(4)18-28/h6-8,10-11,13-14,16-18,20,22,30H,9,12,15,19,21H2,1-5H3,(H,35,39). The SMILES string of the molecule is Cc1cc(C)cc(N(CCCC(=O)N(Cc2ccc(Cl)cc2Cl)C(Cc2ccccc2)C(=O)NC(C)C)S(C)(=O)=O)c1. The molecule has 0 saturated carbocycles. The Morgan fingerprint density at radius 1 is 0.929 bits per heavy atom. The van der Waals surface area contributed by atoms with E-state index in [9.17, 15) is 18.0 Å². The summed E-state index contributed by atoms with van der Waals surface area (Å²) in [6.45, 7) is 7.76. The highest BCUT2D eigenvalue weighted by molar-refractivity contribution is 7.92. The zero-order valence-electron chi connectivity index (χ0n) is 24.7. The van der Waals surface area contributed by atoms with Crippen molar-refractivity contribution in [2.45, 2.75) is 65.6 Å². The van der Waals surface area contributed by atoms with Crippen LogP contribution >= 0.6 is 23.2 Å². The van der Waals surface area contributed by atoms with Crippen LogP contribution in [0.2, 0.25) is 10.0 Å². The van der Waals surface area contributed by atoms with Crippen LogP contribution in [-0.4, -0.2) is 50.0 Å². The molecule has 2 amide bonds. The van der Waals surface area contributed by atoms with Crippen molar-refractivity contribution in [1.29, 1.82) is 0 Å². The van der Waals surface area contributed by atoms with Crippen molar-refractivity contribution >= 4 is 50.7 Å². The molecule has 3 aromatic rings. The molecule has 3 rings (SSSR count). The summed E-state index contributed by atoms with van der Waals surface area (Å²) < 4.78 is 26.8. The third-order valence-electron chi connectivity index (χ3n) is 6.70. The van der Waals surface area contributed by atoms with Gasteiger partial charge in [0.2, 0.25) is 21.8 Å². The number of hydrogen-bond acceptors (Lipinski definition) is 4. The number of carbonyl (C=O) groups excluding carboxylic acids is 2. The number of carbonyl (C=O) groups is 2. The molecule has 0 aliphatic heterocycles. The van der Waals surface area contributed by atoms with Gasteiger partial charge < -0.3 is 10.2 Å². The van der Waals surface area contributed by atoms with Crippen molar-refractivity contribution in [3.63, 3.8) is 0 Å². The second kappa shape index (κ2) is 14.9. The van der Waals surface area contributed by atoms with Gasteiger partial charge in [0.1, 0.15) is 6.04 Å². The van der Waals surface area contributed by atoms with E-state index in [-0.39, 0.29) is 43.8 Å². The second-order valence-corrected chi connectivity index (χ2v) is 13.7. The Kier molecular flexibility index (Phi) is 11.9. The number of anilines is 1. The lowest BCUT2D eigenvalue weighted by atomic mass is 10.0. The van der Waals surface area contributed by atoms with E-state index < -0.39 is 16.1 Å². The molecule has 226 valence electrons. The van der Waals surface area contributed by atoms with Gasteiger partial charge in [-0.15, -0.1) is 0 Å². The number of rotatable bonds is 13. The van der Waals surface area contributed by atoms with Gasteiger partial charge in [-0.1, -0.05) is 65.7 Å². The highest BCUT2D eigenvalue weighted by Gasteiger charge is 2.31. The molecule has 10 heteroatoms. The molecule has 0 aromatic heterocycles. The Balaban J connectivity index is 1.92. The summed E-state index contributed by atoms with van der Waals surface area (Å²) in [5.74, 6) is -0.560. The number of halogens is 2. The number of nitrogens with one attached hydrogen (secondary N) is 1. The van der Waals surface area contributed by atoms with Gasteiger partial charge in [-0.3, -0.25) is 13.9 Å². The van der Waals surface area contributed by atoms with Gasteiger partial charge in [-0.05, 0) is 80.6 Å². The minimum Gasteiger partial charge on any atom is -0.352 e. The summed E-state index contributed by atoms with van der Waals surface area (Å²) in [4.78, 5) is 29.0. The summed E-state index contributed by atoms with van der Waals surface area (Å²) in [7, 11) is -3.60. The first-order chi connectivity index (χ1) is 19.7. The van der Waals surface area contributed by atoms with Gasteiger partial charge >= 0.3 is 0 Å². The maximum atomic E-state index is 13.9. The second-order valence-electron chi connectivity index (χ2n) is 10.9. The van der Waals surface area contributed by atoms with Crippen LogP contribution in [0.5, 0.6) is 0 Å². The van der Waals surface area contributed by atoms with Crippen molar-refractivity contribution < 1.29 is 18.0 Å². The molecule has 0 aliphatic rings. The molecule has 1 unspecified atom stereocenters. The fourth-order valence-corrected chi connectivity index (χ4v) is 6.28. The Labute approximate surface area is 259 Å². The van der Waals surface area contributed by atoms with Crippen LogP contribution in [0.1, 0.15) is 48.9 Å². The monoisotopic (exact) mass is 631 g/mol. The molecule has 7 nitrogen and oxygen atoms in total. The smallest absolute Gasteiger partial charge is 0.243 e. The van der Waals surface area contributed by atoms with Gasteiger partial charge in [0, 0.05) is 42.0 Å². The molecule has 0 heterocycles. The van der Waals surface area contributed by atoms with Crippen LogP contribution < -0.4 is 9.62 Å². The first-order valence-corrected chi connectivity index (χ1v) is 16.5. The molecular formula is C32H39Cl2N3O4S. The lowest BCUT2D eigenvalue weighted by Crippen LogP contribution is -2.51. The maximum absolute atomic E-state index is 13.9. The van der Waals surface area contributed by atoms with Crippen molar-refractivity contribution in [1.82, 2.24) is 10.2 Å². The highest BCUT2D eigenvalue weighted by atomic mass is 35.5. The van der Waals surface area contributed by atoms with Crippen molar-refractivity contribution in [2.24, 2.45) is 0 Å². The molecule has 0 fully saturated rings. The number of amides is 2. The van der Waals surface area contributed by atoms with Gasteiger partial charge in [0.25, 0.3) is 0 Å². The average molecular weight is 633 g/mol. The third kappa shape index (κ3) is 9.75. The van der Waals surface area contributed by atoms with E-state index in [0.29, 0.717) is 27.7 Å². The van der Waals surface area contributed by atoms with Crippen LogP contribution in [0.25, 0.3) is 0 Å². The van der Waals surface area contributed by atoms with Crippen LogP contribution in [0.15, 0.2) is 66.7 Å². The van der Waals surface area contributed by atoms with E-state index in [4.69, 9.17) is 23.2 Å². The average Bonchev–Trinajstić information content (AvgIpc) is 2.88. The summed E-state index contributed by atoms with van der Waals surface area (Å²) in [5.41, 5.74) is 4.00. The van der Waals surface area contributed by atoms with Gasteiger partial charge in [-0.2, -0.15) is 0 Å². The largest absolute Gasteiger partial charge is 0.352 e. The molecular weight excluding hydrogens is 593 g/mol. The molecule has 0 bridgehead atoms. The van der Waals surface area contributed by atoms with Crippen LogP contribution in [0.4, 0.5) is 5.69 Å². The van der Waals surface area contributed by atoms with E-state index >= 15 is 0 Å². The van der Waals surface area contributed by atoms with Crippen molar-refractivity contribution in [3.8, 4) is 0 Å². The number of benzene rings is 3. The number of sulfonamides is 1. The molecule has 0 saturated heterocycles. The normalized spacial score (nSPS) is 12.2. The number of nitrogens with zero attached hydrogens (tertiary/aromatic N) is 2. The summed E-state index contributed by atoms with van der Waals surface area (Å²) >= 11 is 12.6. The summed E-state index contributed by atoms with van der Waals surface area (Å²) in [6, 6.07) is 19.2. The number of aryl methyl sites for hydroxylation is 2. The maximum Gasteiger partial charge on any atom is 0.243 e. The van der Waals surface area contributed by atoms with E-state index in [2.05, 4.69) is 5.32 Å². The minimum atomic E-state index is -3.60. The molecule has 0 radical (unpaired) electrons. The highest BCUT2D eigenvalue weighted by Crippen LogP contribution is 2.26. The van der Waals surface area contributed by atoms with Gasteiger partial charge in [0.05, 0.1) is 11.9 Å². The first kappa shape index (κ1) is 33.4. The fourth-order valence-electron chi connectivity index (χ4n) is 4.87. The molecule has 42 heavy (non-hydrogen) atoms. The number of hydrogen-bond donors (Lipinski definition) is 1. The van der Waals surface area contributed by atoms with Gasteiger partial charge in [-0.25, -0.2) is 8.42 Å². The molecule has 0 spiro atoms. The Bertz CT molecular complexity index is 1480. The Morgan fingerprint density at radius 2 is 1.57 bits per heavy atom. The molecule has 3 aromatic carbocycles. The Morgan fingerprint density at radius 3 is 2.14 bits per heavy atom.